The molecule has 0 amide bonds. The Labute approximate surface area is 159 Å². The van der Waals surface area contributed by atoms with Crippen LogP contribution in [-0.4, -0.2) is 18.4 Å². The first-order chi connectivity index (χ1) is 13.0. The van der Waals surface area contributed by atoms with Crippen LogP contribution in [0, 0.1) is 5.41 Å². The zero-order chi connectivity index (χ0) is 19.2. The van der Waals surface area contributed by atoms with Crippen molar-refractivity contribution in [1.29, 1.82) is 0 Å². The van der Waals surface area contributed by atoms with E-state index in [2.05, 4.69) is 0 Å². The molecule has 0 radical (unpaired) electrons. The first-order valence-electron chi connectivity index (χ1n) is 9.34. The molecule has 27 heavy (non-hydrogen) atoms. The summed E-state index contributed by atoms with van der Waals surface area (Å²) in [5, 5.41) is 0. The highest BCUT2D eigenvalue weighted by atomic mass is 16.5. The average molecular weight is 361 g/mol. The van der Waals surface area contributed by atoms with Crippen molar-refractivity contribution in [3.05, 3.63) is 82.6 Å². The fourth-order valence-corrected chi connectivity index (χ4v) is 4.86. The monoisotopic (exact) mass is 361 g/mol. The lowest BCUT2D eigenvalue weighted by molar-refractivity contribution is -0.139. The van der Waals surface area contributed by atoms with Crippen molar-refractivity contribution < 1.29 is 14.3 Å². The summed E-state index contributed by atoms with van der Waals surface area (Å²) >= 11 is 0. The summed E-state index contributed by atoms with van der Waals surface area (Å²) in [6.07, 6.45) is 0.483. The Hall–Kier alpha value is -2.88. The summed E-state index contributed by atoms with van der Waals surface area (Å²) in [4.78, 5) is 26.4. The van der Waals surface area contributed by atoms with Gasteiger partial charge in [-0.15, -0.1) is 0 Å². The quantitative estimate of drug-likeness (QED) is 0.841. The molecule has 4 heteroatoms. The number of ketones is 1. The molecule has 0 fully saturated rings. The molecule has 3 unspecified atom stereocenters. The molecule has 138 valence electrons. The minimum atomic E-state index is -0.768. The van der Waals surface area contributed by atoms with Gasteiger partial charge in [-0.1, -0.05) is 61.5 Å². The molecule has 0 aromatic heterocycles. The third-order valence-electron chi connectivity index (χ3n) is 6.08. The van der Waals surface area contributed by atoms with E-state index < -0.39 is 17.3 Å². The van der Waals surface area contributed by atoms with Crippen molar-refractivity contribution in [3.63, 3.8) is 0 Å². The number of carbonyl (C=O) groups is 2. The number of carbonyl (C=O) groups excluding carboxylic acids is 2. The fourth-order valence-electron chi connectivity index (χ4n) is 4.86. The molecular weight excluding hydrogens is 338 g/mol. The van der Waals surface area contributed by atoms with E-state index in [9.17, 15) is 9.59 Å². The fraction of sp³-hybridized carbons (Fsp3) is 0.304. The predicted octanol–water partition coefficient (Wildman–Crippen LogP) is 3.94. The van der Waals surface area contributed by atoms with Crippen molar-refractivity contribution in [1.82, 2.24) is 0 Å². The third kappa shape index (κ3) is 2.43. The van der Waals surface area contributed by atoms with Crippen LogP contribution in [0.2, 0.25) is 0 Å². The smallest absolute Gasteiger partial charge is 0.336 e. The average Bonchev–Trinajstić information content (AvgIpc) is 2.90. The molecule has 0 bridgehead atoms. The van der Waals surface area contributed by atoms with Gasteiger partial charge in [0.1, 0.15) is 0 Å². The number of nitrogens with two attached hydrogens (primary N) is 1. The van der Waals surface area contributed by atoms with Gasteiger partial charge in [-0.05, 0) is 24.5 Å². The zero-order valence-corrected chi connectivity index (χ0v) is 15.6. The van der Waals surface area contributed by atoms with Gasteiger partial charge in [0.25, 0.3) is 0 Å². The standard InChI is InChI=1S/C23H23NO3/c1-3-27-22(26)19-18(24)13-17-15-11-7-8-12-16(15)21(25)23(17,2)20(19)14-9-5-4-6-10-14/h4-12,17,20H,3,13,24H2,1-2H3. The second-order valence-corrected chi connectivity index (χ2v) is 7.46. The summed E-state index contributed by atoms with van der Waals surface area (Å²) in [5.41, 5.74) is 9.29. The van der Waals surface area contributed by atoms with Gasteiger partial charge in [-0.3, -0.25) is 4.79 Å². The molecule has 0 heterocycles. The molecule has 0 spiro atoms. The second-order valence-electron chi connectivity index (χ2n) is 7.46. The topological polar surface area (TPSA) is 69.4 Å². The lowest BCUT2D eigenvalue weighted by Gasteiger charge is -2.43. The minimum absolute atomic E-state index is 0.0513. The van der Waals surface area contributed by atoms with Gasteiger partial charge in [0.05, 0.1) is 12.2 Å². The summed E-state index contributed by atoms with van der Waals surface area (Å²) in [7, 11) is 0. The van der Waals surface area contributed by atoms with Crippen LogP contribution in [0.15, 0.2) is 65.9 Å². The number of allylic oxidation sites excluding steroid dienone is 1. The van der Waals surface area contributed by atoms with Crippen molar-refractivity contribution in [3.8, 4) is 0 Å². The highest BCUT2D eigenvalue weighted by molar-refractivity contribution is 6.08. The van der Waals surface area contributed by atoms with E-state index in [1.807, 2.05) is 61.5 Å². The number of fused-ring (bicyclic) bond motifs is 3. The molecule has 4 nitrogen and oxygen atoms in total. The van der Waals surface area contributed by atoms with Crippen LogP contribution in [0.4, 0.5) is 0 Å². The molecule has 2 aromatic carbocycles. The van der Waals surface area contributed by atoms with Crippen LogP contribution in [0.3, 0.4) is 0 Å². The Morgan fingerprint density at radius 1 is 1.15 bits per heavy atom. The highest BCUT2D eigenvalue weighted by Gasteiger charge is 2.59. The first-order valence-corrected chi connectivity index (χ1v) is 9.34. The number of ether oxygens (including phenoxy) is 1. The lowest BCUT2D eigenvalue weighted by Crippen LogP contribution is -2.42. The van der Waals surface area contributed by atoms with Gasteiger partial charge >= 0.3 is 5.97 Å². The van der Waals surface area contributed by atoms with Crippen molar-refractivity contribution in [2.75, 3.05) is 6.61 Å². The molecular formula is C23H23NO3. The Morgan fingerprint density at radius 2 is 1.81 bits per heavy atom. The van der Waals surface area contributed by atoms with E-state index in [1.54, 1.807) is 6.92 Å². The van der Waals surface area contributed by atoms with E-state index in [-0.39, 0.29) is 18.3 Å². The maximum Gasteiger partial charge on any atom is 0.336 e. The Morgan fingerprint density at radius 3 is 2.52 bits per heavy atom. The second kappa shape index (κ2) is 6.38. The Kier molecular flexibility index (Phi) is 4.14. The van der Waals surface area contributed by atoms with Gasteiger partial charge in [0.15, 0.2) is 5.78 Å². The van der Waals surface area contributed by atoms with Crippen LogP contribution >= 0.6 is 0 Å². The van der Waals surface area contributed by atoms with Gasteiger partial charge in [-0.25, -0.2) is 4.79 Å². The van der Waals surface area contributed by atoms with Crippen molar-refractivity contribution in [2.45, 2.75) is 32.1 Å². The number of benzene rings is 2. The van der Waals surface area contributed by atoms with Crippen LogP contribution < -0.4 is 5.73 Å². The SMILES string of the molecule is CCOC(=O)C1=C(N)CC2c3ccccc3C(=O)C2(C)C1c1ccccc1. The number of Topliss-reactive ketones (excluding diaryl/α,β-unsaturated/α-hetero) is 1. The van der Waals surface area contributed by atoms with E-state index in [0.717, 1.165) is 16.7 Å². The Balaban J connectivity index is 1.96. The number of esters is 1. The van der Waals surface area contributed by atoms with Crippen LogP contribution in [0.25, 0.3) is 0 Å². The van der Waals surface area contributed by atoms with E-state index >= 15 is 0 Å². The van der Waals surface area contributed by atoms with E-state index in [0.29, 0.717) is 17.7 Å². The Bertz CT molecular complexity index is 947. The third-order valence-corrected chi connectivity index (χ3v) is 6.08. The number of rotatable bonds is 3. The van der Waals surface area contributed by atoms with Crippen molar-refractivity contribution >= 4 is 11.8 Å². The number of hydrogen-bond donors (Lipinski definition) is 1. The van der Waals surface area contributed by atoms with Crippen LogP contribution in [-0.2, 0) is 9.53 Å². The predicted molar refractivity (Wildman–Crippen MR) is 103 cm³/mol. The maximum absolute atomic E-state index is 13.6. The lowest BCUT2D eigenvalue weighted by atomic mass is 9.58. The van der Waals surface area contributed by atoms with Gasteiger partial charge in [0, 0.05) is 28.5 Å². The largest absolute Gasteiger partial charge is 0.463 e. The molecule has 2 aromatic rings. The van der Waals surface area contributed by atoms with Crippen molar-refractivity contribution in [2.24, 2.45) is 11.1 Å². The molecule has 3 atom stereocenters. The summed E-state index contributed by atoms with van der Waals surface area (Å²) in [5.74, 6) is -0.834. The summed E-state index contributed by atoms with van der Waals surface area (Å²) in [6.45, 7) is 4.02. The van der Waals surface area contributed by atoms with E-state index in [1.165, 1.54) is 0 Å². The first kappa shape index (κ1) is 17.5. The zero-order valence-electron chi connectivity index (χ0n) is 15.6. The molecule has 2 aliphatic rings. The van der Waals surface area contributed by atoms with Gasteiger partial charge < -0.3 is 10.5 Å². The molecule has 0 saturated heterocycles. The summed E-state index contributed by atoms with van der Waals surface area (Å²) < 4.78 is 5.32. The number of hydrogen-bond acceptors (Lipinski definition) is 4. The summed E-state index contributed by atoms with van der Waals surface area (Å²) in [6, 6.07) is 17.4. The maximum atomic E-state index is 13.6. The van der Waals surface area contributed by atoms with Crippen LogP contribution in [0.5, 0.6) is 0 Å². The molecule has 0 aliphatic heterocycles. The van der Waals surface area contributed by atoms with Crippen LogP contribution in [0.1, 0.15) is 53.6 Å². The van der Waals surface area contributed by atoms with Gasteiger partial charge in [0.2, 0.25) is 0 Å². The molecule has 4 rings (SSSR count). The van der Waals surface area contributed by atoms with Gasteiger partial charge in [-0.2, -0.15) is 0 Å². The molecule has 2 aliphatic carbocycles. The normalized spacial score (nSPS) is 26.5. The van der Waals surface area contributed by atoms with E-state index in [4.69, 9.17) is 10.5 Å². The highest BCUT2D eigenvalue weighted by Crippen LogP contribution is 2.61. The molecule has 0 saturated carbocycles. The molecule has 2 N–H and O–H groups in total. The minimum Gasteiger partial charge on any atom is -0.463 e.